The molecule has 0 aromatic heterocycles. The van der Waals surface area contributed by atoms with E-state index in [4.69, 9.17) is 4.74 Å². The summed E-state index contributed by atoms with van der Waals surface area (Å²) in [7, 11) is 1.61. The standard InChI is InChI=1S/C16H26N2O3.ClH/c1-16(2,11-19)15(18-8-6-17-7-9-18)13-5-4-12(20)10-14(13)21-3;/h4-5,10,15,17,19-20H,6-9,11H2,1-3H3;1H/t15-;/m0./s1. The van der Waals surface area contributed by atoms with E-state index < -0.39 is 0 Å². The number of benzene rings is 1. The topological polar surface area (TPSA) is 65.0 Å². The second kappa shape index (κ2) is 8.02. The lowest BCUT2D eigenvalue weighted by atomic mass is 9.79. The Bertz CT molecular complexity index is 476. The highest BCUT2D eigenvalue weighted by molar-refractivity contribution is 5.85. The number of halogens is 1. The quantitative estimate of drug-likeness (QED) is 0.768. The molecule has 3 N–H and O–H groups in total. The van der Waals surface area contributed by atoms with E-state index in [0.29, 0.717) is 5.75 Å². The summed E-state index contributed by atoms with van der Waals surface area (Å²) in [6, 6.07) is 5.26. The second-order valence-corrected chi connectivity index (χ2v) is 6.26. The number of phenols is 1. The minimum Gasteiger partial charge on any atom is -0.508 e. The minimum atomic E-state index is -0.304. The molecular formula is C16H27ClN2O3. The van der Waals surface area contributed by atoms with E-state index in [0.717, 1.165) is 31.7 Å². The molecule has 1 aliphatic heterocycles. The van der Waals surface area contributed by atoms with Crippen LogP contribution in [0.5, 0.6) is 11.5 Å². The molecule has 1 atom stereocenters. The first-order valence-electron chi connectivity index (χ1n) is 7.42. The van der Waals surface area contributed by atoms with Gasteiger partial charge in [-0.2, -0.15) is 0 Å². The van der Waals surface area contributed by atoms with Crippen LogP contribution >= 0.6 is 12.4 Å². The summed E-state index contributed by atoms with van der Waals surface area (Å²) < 4.78 is 5.45. The molecule has 0 bridgehead atoms. The maximum absolute atomic E-state index is 9.84. The first-order valence-corrected chi connectivity index (χ1v) is 7.42. The molecule has 0 aliphatic carbocycles. The molecule has 1 aliphatic rings. The van der Waals surface area contributed by atoms with Crippen LogP contribution < -0.4 is 10.1 Å². The van der Waals surface area contributed by atoms with E-state index in [-0.39, 0.29) is 36.2 Å². The predicted molar refractivity (Wildman–Crippen MR) is 90.0 cm³/mol. The van der Waals surface area contributed by atoms with Crippen LogP contribution in [0.25, 0.3) is 0 Å². The molecule has 0 saturated carbocycles. The molecule has 0 unspecified atom stereocenters. The molecule has 5 nitrogen and oxygen atoms in total. The average molecular weight is 331 g/mol. The molecule has 0 radical (unpaired) electrons. The van der Waals surface area contributed by atoms with E-state index in [9.17, 15) is 10.2 Å². The van der Waals surface area contributed by atoms with E-state index in [2.05, 4.69) is 24.1 Å². The van der Waals surface area contributed by atoms with Gasteiger partial charge in [0.15, 0.2) is 0 Å². The van der Waals surface area contributed by atoms with Crippen molar-refractivity contribution in [2.45, 2.75) is 19.9 Å². The van der Waals surface area contributed by atoms with Crippen LogP contribution in [0.4, 0.5) is 0 Å². The number of rotatable bonds is 5. The molecule has 2 rings (SSSR count). The van der Waals surface area contributed by atoms with E-state index in [1.807, 2.05) is 6.07 Å². The fourth-order valence-corrected chi connectivity index (χ4v) is 3.06. The van der Waals surface area contributed by atoms with Gasteiger partial charge in [0.05, 0.1) is 7.11 Å². The number of methoxy groups -OCH3 is 1. The number of ether oxygens (including phenoxy) is 1. The first kappa shape index (κ1) is 19.0. The molecule has 1 fully saturated rings. The van der Waals surface area contributed by atoms with Crippen molar-refractivity contribution in [3.05, 3.63) is 23.8 Å². The summed E-state index contributed by atoms with van der Waals surface area (Å²) >= 11 is 0. The van der Waals surface area contributed by atoms with Crippen LogP contribution in [0.2, 0.25) is 0 Å². The van der Waals surface area contributed by atoms with Gasteiger partial charge >= 0.3 is 0 Å². The maximum Gasteiger partial charge on any atom is 0.127 e. The van der Waals surface area contributed by atoms with Gasteiger partial charge in [-0.25, -0.2) is 0 Å². The normalized spacial score (nSPS) is 17.6. The Labute approximate surface area is 138 Å². The third-order valence-corrected chi connectivity index (χ3v) is 4.18. The highest BCUT2D eigenvalue weighted by atomic mass is 35.5. The van der Waals surface area contributed by atoms with Crippen molar-refractivity contribution in [3.63, 3.8) is 0 Å². The monoisotopic (exact) mass is 330 g/mol. The third kappa shape index (κ3) is 4.04. The van der Waals surface area contributed by atoms with Crippen LogP contribution in [0.3, 0.4) is 0 Å². The Morgan fingerprint density at radius 2 is 1.95 bits per heavy atom. The molecule has 22 heavy (non-hydrogen) atoms. The third-order valence-electron chi connectivity index (χ3n) is 4.18. The van der Waals surface area contributed by atoms with E-state index in [1.165, 1.54) is 0 Å². The predicted octanol–water partition coefficient (Wildman–Crippen LogP) is 1.79. The highest BCUT2D eigenvalue weighted by Gasteiger charge is 2.37. The van der Waals surface area contributed by atoms with Gasteiger partial charge in [-0.05, 0) is 6.07 Å². The first-order chi connectivity index (χ1) is 9.99. The number of phenolic OH excluding ortho intramolecular Hbond substituents is 1. The van der Waals surface area contributed by atoms with Gasteiger partial charge in [-0.1, -0.05) is 19.9 Å². The Kier molecular flexibility index (Phi) is 6.94. The van der Waals surface area contributed by atoms with Gasteiger partial charge < -0.3 is 20.3 Å². The zero-order valence-corrected chi connectivity index (χ0v) is 14.3. The van der Waals surface area contributed by atoms with Crippen LogP contribution in [-0.4, -0.2) is 55.0 Å². The number of aromatic hydroxyl groups is 1. The second-order valence-electron chi connectivity index (χ2n) is 6.26. The van der Waals surface area contributed by atoms with Gasteiger partial charge in [0.2, 0.25) is 0 Å². The average Bonchev–Trinajstić information content (AvgIpc) is 2.50. The fourth-order valence-electron chi connectivity index (χ4n) is 3.06. The van der Waals surface area contributed by atoms with Crippen molar-refractivity contribution in [2.75, 3.05) is 39.9 Å². The molecule has 0 amide bonds. The maximum atomic E-state index is 9.84. The van der Waals surface area contributed by atoms with Crippen molar-refractivity contribution in [2.24, 2.45) is 5.41 Å². The molecule has 1 aromatic carbocycles. The van der Waals surface area contributed by atoms with Crippen LogP contribution in [0.15, 0.2) is 18.2 Å². The molecular weight excluding hydrogens is 304 g/mol. The number of nitrogens with zero attached hydrogens (tertiary/aromatic N) is 1. The van der Waals surface area contributed by atoms with Crippen molar-refractivity contribution in [1.82, 2.24) is 10.2 Å². The number of hydrogen-bond donors (Lipinski definition) is 3. The number of hydrogen-bond acceptors (Lipinski definition) is 5. The number of piperazine rings is 1. The lowest BCUT2D eigenvalue weighted by Crippen LogP contribution is -2.49. The fraction of sp³-hybridized carbons (Fsp3) is 0.625. The Hall–Kier alpha value is -1.01. The summed E-state index contributed by atoms with van der Waals surface area (Å²) in [5.41, 5.74) is 0.706. The smallest absolute Gasteiger partial charge is 0.127 e. The summed E-state index contributed by atoms with van der Waals surface area (Å²) in [5, 5.41) is 22.9. The molecule has 126 valence electrons. The summed E-state index contributed by atoms with van der Waals surface area (Å²) in [4.78, 5) is 2.38. The van der Waals surface area contributed by atoms with Crippen molar-refractivity contribution >= 4 is 12.4 Å². The van der Waals surface area contributed by atoms with Crippen molar-refractivity contribution < 1.29 is 14.9 Å². The molecule has 1 aromatic rings. The lowest BCUT2D eigenvalue weighted by molar-refractivity contribution is 0.0292. The SMILES string of the molecule is COc1cc(O)ccc1[C@H](N1CCNCC1)C(C)(C)CO.Cl. The van der Waals surface area contributed by atoms with Gasteiger partial charge in [-0.15, -0.1) is 12.4 Å². The lowest BCUT2D eigenvalue weighted by Gasteiger charge is -2.43. The van der Waals surface area contributed by atoms with E-state index in [1.54, 1.807) is 19.2 Å². The highest BCUT2D eigenvalue weighted by Crippen LogP contribution is 2.42. The van der Waals surface area contributed by atoms with Crippen LogP contribution in [-0.2, 0) is 0 Å². The van der Waals surface area contributed by atoms with Gasteiger partial charge in [0.1, 0.15) is 11.5 Å². The van der Waals surface area contributed by atoms with Crippen LogP contribution in [0.1, 0.15) is 25.5 Å². The van der Waals surface area contributed by atoms with Gasteiger partial charge in [0.25, 0.3) is 0 Å². The van der Waals surface area contributed by atoms with Crippen molar-refractivity contribution in [1.29, 1.82) is 0 Å². The summed E-state index contributed by atoms with van der Waals surface area (Å²) in [5.74, 6) is 0.858. The summed E-state index contributed by atoms with van der Waals surface area (Å²) in [6.45, 7) is 7.96. The van der Waals surface area contributed by atoms with E-state index >= 15 is 0 Å². The van der Waals surface area contributed by atoms with Crippen molar-refractivity contribution in [3.8, 4) is 11.5 Å². The zero-order valence-electron chi connectivity index (χ0n) is 13.5. The summed E-state index contributed by atoms with van der Waals surface area (Å²) in [6.07, 6.45) is 0. The van der Waals surface area contributed by atoms with Gasteiger partial charge in [-0.3, -0.25) is 4.90 Å². The number of nitrogens with one attached hydrogen (secondary N) is 1. The zero-order chi connectivity index (χ0) is 15.5. The Balaban J connectivity index is 0.00000242. The molecule has 0 spiro atoms. The molecule has 1 heterocycles. The Morgan fingerprint density at radius 1 is 1.32 bits per heavy atom. The number of aliphatic hydroxyl groups excluding tert-OH is 1. The van der Waals surface area contributed by atoms with Crippen LogP contribution in [0, 0.1) is 5.41 Å². The Morgan fingerprint density at radius 3 is 2.50 bits per heavy atom. The molecule has 6 heteroatoms. The molecule has 1 saturated heterocycles. The number of aliphatic hydroxyl groups is 1. The minimum absolute atomic E-state index is 0. The van der Waals surface area contributed by atoms with Gasteiger partial charge in [0, 0.05) is 55.9 Å². The largest absolute Gasteiger partial charge is 0.508 e.